The van der Waals surface area contributed by atoms with Crippen molar-refractivity contribution in [2.75, 3.05) is 21.3 Å². The number of hydrogen-bond acceptors (Lipinski definition) is 8. The minimum absolute atomic E-state index is 0.0417. The number of thiazole rings is 1. The first-order valence-corrected chi connectivity index (χ1v) is 9.45. The van der Waals surface area contributed by atoms with Crippen LogP contribution in [0.1, 0.15) is 10.4 Å². The van der Waals surface area contributed by atoms with Gasteiger partial charge in [-0.3, -0.25) is 19.7 Å². The summed E-state index contributed by atoms with van der Waals surface area (Å²) >= 11 is 0.947. The molecule has 0 atom stereocenters. The lowest BCUT2D eigenvalue weighted by molar-refractivity contribution is -0.385. The van der Waals surface area contributed by atoms with E-state index < -0.39 is 28.3 Å². The lowest BCUT2D eigenvalue weighted by Crippen LogP contribution is -2.22. The van der Waals surface area contributed by atoms with Gasteiger partial charge in [-0.15, -0.1) is 0 Å². The molecule has 10 nitrogen and oxygen atoms in total. The molecule has 0 bridgehead atoms. The van der Waals surface area contributed by atoms with Crippen molar-refractivity contribution in [2.24, 2.45) is 4.99 Å². The fourth-order valence-corrected chi connectivity index (χ4v) is 3.87. The van der Waals surface area contributed by atoms with Gasteiger partial charge in [0.1, 0.15) is 17.9 Å². The summed E-state index contributed by atoms with van der Waals surface area (Å²) in [6.45, 7) is -0.289. The highest BCUT2D eigenvalue weighted by molar-refractivity contribution is 7.16. The van der Waals surface area contributed by atoms with Gasteiger partial charge in [-0.2, -0.15) is 4.99 Å². The predicted octanol–water partition coefficient (Wildman–Crippen LogP) is 2.68. The van der Waals surface area contributed by atoms with Crippen LogP contribution in [0.15, 0.2) is 35.3 Å². The molecule has 0 radical (unpaired) electrons. The predicted molar refractivity (Wildman–Crippen MR) is 108 cm³/mol. The summed E-state index contributed by atoms with van der Waals surface area (Å²) < 4.78 is 30.3. The van der Waals surface area contributed by atoms with Crippen LogP contribution in [0.2, 0.25) is 0 Å². The summed E-state index contributed by atoms with van der Waals surface area (Å²) in [4.78, 5) is 39.5. The molecule has 0 unspecified atom stereocenters. The van der Waals surface area contributed by atoms with Crippen LogP contribution in [-0.4, -0.2) is 42.7 Å². The highest BCUT2D eigenvalue weighted by atomic mass is 32.1. The molecule has 0 saturated heterocycles. The number of fused-ring (bicyclic) bond motifs is 1. The van der Waals surface area contributed by atoms with Crippen molar-refractivity contribution in [3.05, 3.63) is 56.6 Å². The van der Waals surface area contributed by atoms with Gasteiger partial charge >= 0.3 is 5.97 Å². The summed E-state index contributed by atoms with van der Waals surface area (Å²) in [5, 5.41) is 11.5. The maximum Gasteiger partial charge on any atom is 0.325 e. The van der Waals surface area contributed by atoms with Gasteiger partial charge in [0.2, 0.25) is 0 Å². The fraction of sp³-hybridized carbons (Fsp3) is 0.211. The molecule has 1 heterocycles. The molecule has 0 saturated carbocycles. The molecule has 31 heavy (non-hydrogen) atoms. The van der Waals surface area contributed by atoms with Crippen molar-refractivity contribution < 1.29 is 33.1 Å². The van der Waals surface area contributed by atoms with Crippen LogP contribution in [0, 0.1) is 15.9 Å². The van der Waals surface area contributed by atoms with Crippen LogP contribution in [0.4, 0.5) is 10.1 Å². The molecular weight excluding hydrogens is 433 g/mol. The largest absolute Gasteiger partial charge is 0.493 e. The number of hydrogen-bond donors (Lipinski definition) is 0. The van der Waals surface area contributed by atoms with E-state index in [-0.39, 0.29) is 28.4 Å². The minimum Gasteiger partial charge on any atom is -0.493 e. The fourth-order valence-electron chi connectivity index (χ4n) is 2.82. The van der Waals surface area contributed by atoms with Gasteiger partial charge in [-0.1, -0.05) is 11.3 Å². The second-order valence-electron chi connectivity index (χ2n) is 6.06. The van der Waals surface area contributed by atoms with E-state index in [1.165, 1.54) is 44.1 Å². The number of ether oxygens (including phenoxy) is 3. The number of nitrogens with zero attached hydrogens (tertiary/aromatic N) is 3. The first-order valence-electron chi connectivity index (χ1n) is 8.64. The number of amides is 1. The maximum absolute atomic E-state index is 13.6. The summed E-state index contributed by atoms with van der Waals surface area (Å²) in [7, 11) is 3.82. The Bertz CT molecular complexity index is 1270. The van der Waals surface area contributed by atoms with E-state index in [0.29, 0.717) is 10.2 Å². The van der Waals surface area contributed by atoms with Gasteiger partial charge in [0.05, 0.1) is 42.5 Å². The highest BCUT2D eigenvalue weighted by Gasteiger charge is 2.25. The van der Waals surface area contributed by atoms with Crippen molar-refractivity contribution in [2.45, 2.75) is 6.54 Å². The molecule has 3 aromatic rings. The van der Waals surface area contributed by atoms with Crippen molar-refractivity contribution in [1.82, 2.24) is 4.57 Å². The molecule has 3 rings (SSSR count). The lowest BCUT2D eigenvalue weighted by atomic mass is 10.1. The third-order valence-electron chi connectivity index (χ3n) is 4.29. The van der Waals surface area contributed by atoms with E-state index in [2.05, 4.69) is 9.73 Å². The van der Waals surface area contributed by atoms with Gasteiger partial charge < -0.3 is 18.8 Å². The molecule has 0 aliphatic carbocycles. The number of carbonyl (C=O) groups is 2. The zero-order valence-corrected chi connectivity index (χ0v) is 17.4. The van der Waals surface area contributed by atoms with Crippen LogP contribution >= 0.6 is 11.3 Å². The summed E-state index contributed by atoms with van der Waals surface area (Å²) in [6.07, 6.45) is 0. The molecule has 0 spiro atoms. The lowest BCUT2D eigenvalue weighted by Gasteiger charge is -2.09. The molecule has 0 N–H and O–H groups in total. The van der Waals surface area contributed by atoms with E-state index in [4.69, 9.17) is 9.47 Å². The number of benzene rings is 2. The van der Waals surface area contributed by atoms with Crippen LogP contribution in [-0.2, 0) is 16.1 Å². The van der Waals surface area contributed by atoms with Crippen LogP contribution in [0.5, 0.6) is 11.5 Å². The van der Waals surface area contributed by atoms with Crippen molar-refractivity contribution in [1.29, 1.82) is 0 Å². The van der Waals surface area contributed by atoms with E-state index in [0.717, 1.165) is 23.5 Å². The normalized spacial score (nSPS) is 11.4. The molecule has 0 aliphatic heterocycles. The van der Waals surface area contributed by atoms with E-state index in [1.54, 1.807) is 0 Å². The Morgan fingerprint density at radius 2 is 1.84 bits per heavy atom. The Hall–Kier alpha value is -3.80. The summed E-state index contributed by atoms with van der Waals surface area (Å²) in [5.41, 5.74) is -0.417. The molecule has 12 heteroatoms. The van der Waals surface area contributed by atoms with E-state index in [1.807, 2.05) is 0 Å². The zero-order chi connectivity index (χ0) is 22.7. The highest BCUT2D eigenvalue weighted by Crippen LogP contribution is 2.34. The standard InChI is InChI=1S/C19H16FN3O7S/c1-28-14-7-11(13(23(26)27)8-15(14)29-2)18(25)21-19-22(9-17(24)30-3)12-5-4-10(20)6-16(12)31-19/h4-8H,9H2,1-3H3. The summed E-state index contributed by atoms with van der Waals surface area (Å²) in [6, 6.07) is 6.08. The first-order chi connectivity index (χ1) is 14.8. The maximum atomic E-state index is 13.6. The molecule has 1 aromatic heterocycles. The SMILES string of the molecule is COC(=O)Cn1c(=NC(=O)c2cc(OC)c(OC)cc2[N+](=O)[O-])sc2cc(F)ccc21. The average molecular weight is 449 g/mol. The number of methoxy groups -OCH3 is 3. The second kappa shape index (κ2) is 8.92. The Morgan fingerprint density at radius 1 is 1.16 bits per heavy atom. The topological polar surface area (TPSA) is 122 Å². The molecule has 2 aromatic carbocycles. The van der Waals surface area contributed by atoms with Gasteiger partial charge in [0.15, 0.2) is 16.3 Å². The van der Waals surface area contributed by atoms with Crippen LogP contribution in [0.3, 0.4) is 0 Å². The number of aromatic nitrogens is 1. The van der Waals surface area contributed by atoms with E-state index >= 15 is 0 Å². The Morgan fingerprint density at radius 3 is 2.45 bits per heavy atom. The molecule has 1 amide bonds. The van der Waals surface area contributed by atoms with Crippen LogP contribution in [0.25, 0.3) is 10.2 Å². The van der Waals surface area contributed by atoms with Crippen molar-refractivity contribution in [3.63, 3.8) is 0 Å². The minimum atomic E-state index is -0.946. The monoisotopic (exact) mass is 449 g/mol. The third kappa shape index (κ3) is 4.38. The molecule has 162 valence electrons. The number of halogens is 1. The number of carbonyl (C=O) groups excluding carboxylic acids is 2. The molecule has 0 fully saturated rings. The number of esters is 1. The smallest absolute Gasteiger partial charge is 0.325 e. The molecule has 0 aliphatic rings. The van der Waals surface area contributed by atoms with Gasteiger partial charge in [-0.25, -0.2) is 4.39 Å². The average Bonchev–Trinajstić information content (AvgIpc) is 3.07. The third-order valence-corrected chi connectivity index (χ3v) is 5.33. The Kier molecular flexibility index (Phi) is 6.30. The number of rotatable bonds is 6. The summed E-state index contributed by atoms with van der Waals surface area (Å²) in [5.74, 6) is -1.89. The van der Waals surface area contributed by atoms with E-state index in [9.17, 15) is 24.1 Å². The van der Waals surface area contributed by atoms with Gasteiger partial charge in [0, 0.05) is 6.07 Å². The number of nitro benzene ring substituents is 1. The van der Waals surface area contributed by atoms with Crippen molar-refractivity contribution in [3.8, 4) is 11.5 Å². The first kappa shape index (κ1) is 21.9. The van der Waals surface area contributed by atoms with Crippen LogP contribution < -0.4 is 14.3 Å². The van der Waals surface area contributed by atoms with Gasteiger partial charge in [-0.05, 0) is 18.2 Å². The van der Waals surface area contributed by atoms with Crippen molar-refractivity contribution >= 4 is 39.1 Å². The Labute approximate surface area is 178 Å². The number of nitro groups is 1. The Balaban J connectivity index is 2.22. The zero-order valence-electron chi connectivity index (χ0n) is 16.6. The van der Waals surface area contributed by atoms with Gasteiger partial charge in [0.25, 0.3) is 11.6 Å². The molecular formula is C19H16FN3O7S. The second-order valence-corrected chi connectivity index (χ2v) is 7.07. The quantitative estimate of drug-likeness (QED) is 0.322.